The number of halogens is 2. The van der Waals surface area contributed by atoms with Gasteiger partial charge >= 0.3 is 0 Å². The van der Waals surface area contributed by atoms with Gasteiger partial charge in [0.15, 0.2) is 0 Å². The Labute approximate surface area is 117 Å². The Hall–Kier alpha value is -0.770. The molecule has 0 heterocycles. The summed E-state index contributed by atoms with van der Waals surface area (Å²) >= 11 is 3.14. The lowest BCUT2D eigenvalue weighted by Gasteiger charge is -2.20. The number of hydrogen-bond donors (Lipinski definition) is 2. The van der Waals surface area contributed by atoms with E-state index in [4.69, 9.17) is 5.73 Å². The van der Waals surface area contributed by atoms with Crippen LogP contribution in [0.25, 0.3) is 0 Å². The van der Waals surface area contributed by atoms with Crippen LogP contribution in [0.15, 0.2) is 16.6 Å². The van der Waals surface area contributed by atoms with Crippen molar-refractivity contribution in [1.29, 1.82) is 0 Å². The van der Waals surface area contributed by atoms with Crippen LogP contribution in [0.3, 0.4) is 0 Å². The molecule has 3 N–H and O–H groups in total. The van der Waals surface area contributed by atoms with Crippen LogP contribution in [0.4, 0.5) is 15.8 Å². The predicted octanol–water partition coefficient (Wildman–Crippen LogP) is 4.94. The van der Waals surface area contributed by atoms with Gasteiger partial charge in [0, 0.05) is 12.1 Å². The highest BCUT2D eigenvalue weighted by Crippen LogP contribution is 2.28. The van der Waals surface area contributed by atoms with Gasteiger partial charge in [-0.25, -0.2) is 4.39 Å². The first kappa shape index (κ1) is 15.3. The van der Waals surface area contributed by atoms with E-state index in [2.05, 4.69) is 35.1 Å². The zero-order valence-corrected chi connectivity index (χ0v) is 12.7. The second kappa shape index (κ2) is 7.62. The summed E-state index contributed by atoms with van der Waals surface area (Å²) in [6, 6.07) is 3.45. The van der Waals surface area contributed by atoms with Gasteiger partial charge in [0.2, 0.25) is 0 Å². The second-order valence-electron chi connectivity index (χ2n) is 4.63. The predicted molar refractivity (Wildman–Crippen MR) is 80.4 cm³/mol. The third-order valence-corrected chi connectivity index (χ3v) is 3.60. The fourth-order valence-electron chi connectivity index (χ4n) is 1.99. The number of nitrogen functional groups attached to an aromatic ring is 1. The molecule has 1 rings (SSSR count). The smallest absolute Gasteiger partial charge is 0.139 e. The van der Waals surface area contributed by atoms with Gasteiger partial charge in [-0.1, -0.05) is 33.1 Å². The summed E-state index contributed by atoms with van der Waals surface area (Å²) < 4.78 is 13.9. The van der Waals surface area contributed by atoms with E-state index in [1.807, 2.05) is 0 Å². The van der Waals surface area contributed by atoms with E-state index in [-0.39, 0.29) is 5.82 Å². The molecule has 0 aliphatic heterocycles. The molecule has 0 aliphatic carbocycles. The standard InChI is InChI=1S/C14H22BrFN2/c1-3-5-7-10(6-4-2)18-14-9-12(16)11(15)8-13(14)17/h8-10,18H,3-7,17H2,1-2H3. The number of nitrogens with one attached hydrogen (secondary N) is 1. The molecule has 102 valence electrons. The number of benzene rings is 1. The molecule has 0 amide bonds. The third-order valence-electron chi connectivity index (χ3n) is 3.00. The van der Waals surface area contributed by atoms with Crippen LogP contribution in [0.2, 0.25) is 0 Å². The lowest BCUT2D eigenvalue weighted by molar-refractivity contribution is 0.563. The normalized spacial score (nSPS) is 12.4. The van der Waals surface area contributed by atoms with Gasteiger partial charge in [-0.15, -0.1) is 0 Å². The first-order valence-corrected chi connectivity index (χ1v) is 7.38. The van der Waals surface area contributed by atoms with Crippen molar-refractivity contribution in [3.8, 4) is 0 Å². The zero-order valence-electron chi connectivity index (χ0n) is 11.1. The van der Waals surface area contributed by atoms with E-state index in [0.29, 0.717) is 21.9 Å². The largest absolute Gasteiger partial charge is 0.397 e. The van der Waals surface area contributed by atoms with Gasteiger partial charge in [0.1, 0.15) is 5.82 Å². The molecule has 1 unspecified atom stereocenters. The Morgan fingerprint density at radius 3 is 2.61 bits per heavy atom. The Bertz CT molecular complexity index is 382. The maximum absolute atomic E-state index is 13.5. The minimum Gasteiger partial charge on any atom is -0.397 e. The van der Waals surface area contributed by atoms with E-state index in [0.717, 1.165) is 19.3 Å². The van der Waals surface area contributed by atoms with Gasteiger partial charge in [-0.2, -0.15) is 0 Å². The average molecular weight is 317 g/mol. The van der Waals surface area contributed by atoms with Gasteiger partial charge in [-0.3, -0.25) is 0 Å². The fraction of sp³-hybridized carbons (Fsp3) is 0.571. The minimum absolute atomic E-state index is 0.280. The SMILES string of the molecule is CCCCC(CCC)Nc1cc(F)c(Br)cc1N. The van der Waals surface area contributed by atoms with Gasteiger partial charge in [0.25, 0.3) is 0 Å². The topological polar surface area (TPSA) is 38.0 Å². The Morgan fingerprint density at radius 2 is 2.00 bits per heavy atom. The summed E-state index contributed by atoms with van der Waals surface area (Å²) in [6.45, 7) is 4.34. The Balaban J connectivity index is 2.76. The highest BCUT2D eigenvalue weighted by Gasteiger charge is 2.11. The number of rotatable bonds is 7. The lowest BCUT2D eigenvalue weighted by Crippen LogP contribution is -2.20. The molecule has 0 saturated carbocycles. The van der Waals surface area contributed by atoms with Gasteiger partial charge in [-0.05, 0) is 34.8 Å². The van der Waals surface area contributed by atoms with Crippen molar-refractivity contribution in [2.75, 3.05) is 11.1 Å². The molecule has 0 bridgehead atoms. The molecule has 0 radical (unpaired) electrons. The first-order chi connectivity index (χ1) is 8.58. The zero-order chi connectivity index (χ0) is 13.5. The second-order valence-corrected chi connectivity index (χ2v) is 5.48. The van der Waals surface area contributed by atoms with Gasteiger partial charge < -0.3 is 11.1 Å². The van der Waals surface area contributed by atoms with Crippen LogP contribution in [-0.4, -0.2) is 6.04 Å². The molecule has 18 heavy (non-hydrogen) atoms. The van der Waals surface area contributed by atoms with Crippen molar-refractivity contribution in [1.82, 2.24) is 0 Å². The molecule has 0 fully saturated rings. The maximum atomic E-state index is 13.5. The minimum atomic E-state index is -0.280. The number of hydrogen-bond acceptors (Lipinski definition) is 2. The summed E-state index contributed by atoms with van der Waals surface area (Å²) in [6.07, 6.45) is 5.64. The fourth-order valence-corrected chi connectivity index (χ4v) is 2.36. The highest BCUT2D eigenvalue weighted by molar-refractivity contribution is 9.10. The summed E-state index contributed by atoms with van der Waals surface area (Å²) in [5.41, 5.74) is 7.19. The molecule has 1 aromatic rings. The van der Waals surface area contributed by atoms with Gasteiger partial charge in [0.05, 0.1) is 15.8 Å². The Kier molecular flexibility index (Phi) is 6.47. The first-order valence-electron chi connectivity index (χ1n) is 6.59. The molecular weight excluding hydrogens is 295 g/mol. The number of nitrogens with two attached hydrogens (primary N) is 1. The molecule has 0 aromatic heterocycles. The summed E-state index contributed by atoms with van der Waals surface area (Å²) in [5.74, 6) is -0.280. The summed E-state index contributed by atoms with van der Waals surface area (Å²) in [4.78, 5) is 0. The van der Waals surface area contributed by atoms with Crippen LogP contribution in [-0.2, 0) is 0 Å². The maximum Gasteiger partial charge on any atom is 0.139 e. The lowest BCUT2D eigenvalue weighted by atomic mass is 10.0. The molecule has 4 heteroatoms. The molecule has 0 aliphatic rings. The van der Waals surface area contributed by atoms with Crippen molar-refractivity contribution < 1.29 is 4.39 Å². The van der Waals surface area contributed by atoms with E-state index in [9.17, 15) is 4.39 Å². The molecule has 1 aromatic carbocycles. The Morgan fingerprint density at radius 1 is 1.28 bits per heavy atom. The number of unbranched alkanes of at least 4 members (excludes halogenated alkanes) is 1. The monoisotopic (exact) mass is 316 g/mol. The summed E-state index contributed by atoms with van der Waals surface area (Å²) in [5, 5.41) is 3.37. The van der Waals surface area contributed by atoms with Crippen molar-refractivity contribution in [3.63, 3.8) is 0 Å². The summed E-state index contributed by atoms with van der Waals surface area (Å²) in [7, 11) is 0. The highest BCUT2D eigenvalue weighted by atomic mass is 79.9. The van der Waals surface area contributed by atoms with E-state index >= 15 is 0 Å². The molecule has 1 atom stereocenters. The molecule has 2 nitrogen and oxygen atoms in total. The van der Waals surface area contributed by atoms with Crippen molar-refractivity contribution >= 4 is 27.3 Å². The van der Waals surface area contributed by atoms with Crippen molar-refractivity contribution in [3.05, 3.63) is 22.4 Å². The van der Waals surface area contributed by atoms with E-state index < -0.39 is 0 Å². The van der Waals surface area contributed by atoms with Crippen LogP contribution >= 0.6 is 15.9 Å². The molecule has 0 saturated heterocycles. The van der Waals surface area contributed by atoms with Crippen LogP contribution in [0.1, 0.15) is 46.0 Å². The van der Waals surface area contributed by atoms with Crippen molar-refractivity contribution in [2.45, 2.75) is 52.0 Å². The van der Waals surface area contributed by atoms with Crippen LogP contribution < -0.4 is 11.1 Å². The van der Waals surface area contributed by atoms with Crippen molar-refractivity contribution in [2.24, 2.45) is 0 Å². The van der Waals surface area contributed by atoms with Crippen LogP contribution in [0, 0.1) is 5.82 Å². The van der Waals surface area contributed by atoms with E-state index in [1.54, 1.807) is 6.07 Å². The van der Waals surface area contributed by atoms with Crippen LogP contribution in [0.5, 0.6) is 0 Å². The molecular formula is C14H22BrFN2. The van der Waals surface area contributed by atoms with E-state index in [1.165, 1.54) is 18.9 Å². The number of anilines is 2. The molecule has 0 spiro atoms. The average Bonchev–Trinajstić information content (AvgIpc) is 2.33. The third kappa shape index (κ3) is 4.48. The quantitative estimate of drug-likeness (QED) is 0.699.